The summed E-state index contributed by atoms with van der Waals surface area (Å²) in [5.41, 5.74) is 2.00. The van der Waals surface area contributed by atoms with Crippen LogP contribution in [0.5, 0.6) is 0 Å². The SMILES string of the molecule is CC(C)(C)OCc1ccc(C#CCCO)cc1. The molecular weight excluding hydrogens is 212 g/mol. The fraction of sp³-hybridized carbons (Fsp3) is 0.467. The van der Waals surface area contributed by atoms with E-state index in [1.165, 1.54) is 0 Å². The summed E-state index contributed by atoms with van der Waals surface area (Å²) in [6.45, 7) is 6.86. The van der Waals surface area contributed by atoms with Crippen LogP contribution >= 0.6 is 0 Å². The van der Waals surface area contributed by atoms with Crippen molar-refractivity contribution < 1.29 is 9.84 Å². The van der Waals surface area contributed by atoms with E-state index < -0.39 is 0 Å². The Morgan fingerprint density at radius 1 is 1.18 bits per heavy atom. The van der Waals surface area contributed by atoms with Crippen LogP contribution in [0.2, 0.25) is 0 Å². The maximum atomic E-state index is 8.62. The van der Waals surface area contributed by atoms with E-state index in [1.807, 2.05) is 45.0 Å². The van der Waals surface area contributed by atoms with Crippen LogP contribution in [0.3, 0.4) is 0 Å². The first-order valence-electron chi connectivity index (χ1n) is 5.84. The first kappa shape index (κ1) is 13.8. The molecule has 0 saturated heterocycles. The number of rotatable bonds is 3. The van der Waals surface area contributed by atoms with Gasteiger partial charge in [-0.3, -0.25) is 0 Å². The van der Waals surface area contributed by atoms with Gasteiger partial charge in [-0.15, -0.1) is 0 Å². The summed E-state index contributed by atoms with van der Waals surface area (Å²) in [6.07, 6.45) is 0.523. The van der Waals surface area contributed by atoms with Crippen LogP contribution in [-0.2, 0) is 11.3 Å². The molecule has 2 nitrogen and oxygen atoms in total. The van der Waals surface area contributed by atoms with Gasteiger partial charge in [-0.1, -0.05) is 24.0 Å². The average Bonchev–Trinajstić information content (AvgIpc) is 2.27. The van der Waals surface area contributed by atoms with Crippen molar-refractivity contribution in [1.82, 2.24) is 0 Å². The fourth-order valence-electron chi connectivity index (χ4n) is 1.20. The maximum Gasteiger partial charge on any atom is 0.0724 e. The van der Waals surface area contributed by atoms with Crippen LogP contribution < -0.4 is 0 Å². The first-order valence-corrected chi connectivity index (χ1v) is 5.84. The molecule has 1 N–H and O–H groups in total. The molecule has 0 radical (unpaired) electrons. The Labute approximate surface area is 104 Å². The quantitative estimate of drug-likeness (QED) is 0.812. The van der Waals surface area contributed by atoms with Crippen molar-refractivity contribution in [2.75, 3.05) is 6.61 Å². The molecule has 0 aliphatic heterocycles. The molecule has 0 fully saturated rings. The van der Waals surface area contributed by atoms with Crippen LogP contribution in [0.25, 0.3) is 0 Å². The summed E-state index contributed by atoms with van der Waals surface area (Å²) < 4.78 is 5.68. The molecule has 0 atom stereocenters. The summed E-state index contributed by atoms with van der Waals surface area (Å²) in [7, 11) is 0. The minimum absolute atomic E-state index is 0.112. The van der Waals surface area contributed by atoms with Crippen LogP contribution in [0, 0.1) is 11.8 Å². The smallest absolute Gasteiger partial charge is 0.0724 e. The molecule has 17 heavy (non-hydrogen) atoms. The zero-order valence-electron chi connectivity index (χ0n) is 10.8. The van der Waals surface area contributed by atoms with E-state index in [0.29, 0.717) is 13.0 Å². The summed E-state index contributed by atoms with van der Waals surface area (Å²) in [5.74, 6) is 5.89. The Bertz CT molecular complexity index is 388. The summed E-state index contributed by atoms with van der Waals surface area (Å²) in [5, 5.41) is 8.62. The van der Waals surface area contributed by atoms with Gasteiger partial charge in [-0.2, -0.15) is 0 Å². The zero-order valence-corrected chi connectivity index (χ0v) is 10.8. The van der Waals surface area contributed by atoms with Crippen LogP contribution in [0.4, 0.5) is 0 Å². The van der Waals surface area contributed by atoms with Gasteiger partial charge in [0, 0.05) is 12.0 Å². The monoisotopic (exact) mass is 232 g/mol. The maximum absolute atomic E-state index is 8.62. The van der Waals surface area contributed by atoms with Crippen molar-refractivity contribution >= 4 is 0 Å². The lowest BCUT2D eigenvalue weighted by Gasteiger charge is -2.19. The highest BCUT2D eigenvalue weighted by Gasteiger charge is 2.09. The van der Waals surface area contributed by atoms with Gasteiger partial charge in [0.1, 0.15) is 0 Å². The second kappa shape index (κ2) is 6.44. The molecule has 92 valence electrons. The van der Waals surface area contributed by atoms with Crippen molar-refractivity contribution in [2.24, 2.45) is 0 Å². The van der Waals surface area contributed by atoms with E-state index in [9.17, 15) is 0 Å². The van der Waals surface area contributed by atoms with Crippen molar-refractivity contribution in [3.05, 3.63) is 35.4 Å². The standard InChI is InChI=1S/C15H20O2/c1-15(2,3)17-12-14-9-7-13(8-10-14)6-4-5-11-16/h7-10,16H,5,11-12H2,1-3H3. The predicted octanol–water partition coefficient (Wildman–Crippen LogP) is 2.74. The van der Waals surface area contributed by atoms with Gasteiger partial charge in [0.05, 0.1) is 18.8 Å². The normalized spacial score (nSPS) is 10.8. The number of hydrogen-bond donors (Lipinski definition) is 1. The third kappa shape index (κ3) is 6.11. The van der Waals surface area contributed by atoms with Gasteiger partial charge in [0.15, 0.2) is 0 Å². The molecule has 0 aliphatic carbocycles. The van der Waals surface area contributed by atoms with E-state index in [1.54, 1.807) is 0 Å². The molecule has 0 saturated carbocycles. The van der Waals surface area contributed by atoms with Gasteiger partial charge in [-0.25, -0.2) is 0 Å². The average molecular weight is 232 g/mol. The van der Waals surface area contributed by atoms with Crippen LogP contribution in [0.15, 0.2) is 24.3 Å². The van der Waals surface area contributed by atoms with Gasteiger partial charge in [0.2, 0.25) is 0 Å². The topological polar surface area (TPSA) is 29.5 Å². The number of hydrogen-bond acceptors (Lipinski definition) is 2. The van der Waals surface area contributed by atoms with Gasteiger partial charge >= 0.3 is 0 Å². The highest BCUT2D eigenvalue weighted by Crippen LogP contribution is 2.12. The molecule has 0 aliphatic rings. The Morgan fingerprint density at radius 2 is 1.82 bits per heavy atom. The molecule has 0 spiro atoms. The molecule has 0 amide bonds. The third-order valence-corrected chi connectivity index (χ3v) is 2.10. The predicted molar refractivity (Wildman–Crippen MR) is 69.6 cm³/mol. The number of aliphatic hydroxyl groups is 1. The molecule has 1 aromatic rings. The molecule has 0 unspecified atom stereocenters. The van der Waals surface area contributed by atoms with Gasteiger partial charge in [0.25, 0.3) is 0 Å². The van der Waals surface area contributed by atoms with Crippen molar-refractivity contribution in [3.8, 4) is 11.8 Å². The minimum Gasteiger partial charge on any atom is -0.395 e. The summed E-state index contributed by atoms with van der Waals surface area (Å²) in [6, 6.07) is 8.00. The Hall–Kier alpha value is -1.30. The second-order valence-electron chi connectivity index (χ2n) is 4.87. The largest absolute Gasteiger partial charge is 0.395 e. The van der Waals surface area contributed by atoms with Gasteiger partial charge in [-0.05, 0) is 38.5 Å². The van der Waals surface area contributed by atoms with Crippen molar-refractivity contribution in [2.45, 2.75) is 39.4 Å². The number of ether oxygens (including phenoxy) is 1. The molecule has 1 aromatic carbocycles. The van der Waals surface area contributed by atoms with E-state index >= 15 is 0 Å². The van der Waals surface area contributed by atoms with Gasteiger partial charge < -0.3 is 9.84 Å². The number of benzene rings is 1. The Morgan fingerprint density at radius 3 is 2.35 bits per heavy atom. The third-order valence-electron chi connectivity index (χ3n) is 2.10. The van der Waals surface area contributed by atoms with E-state index in [-0.39, 0.29) is 12.2 Å². The molecule has 2 heteroatoms. The Kier molecular flexibility index (Phi) is 5.21. The fourth-order valence-corrected chi connectivity index (χ4v) is 1.20. The molecule has 0 heterocycles. The minimum atomic E-state index is -0.112. The highest BCUT2D eigenvalue weighted by atomic mass is 16.5. The van der Waals surface area contributed by atoms with E-state index in [4.69, 9.17) is 9.84 Å². The first-order chi connectivity index (χ1) is 8.01. The van der Waals surface area contributed by atoms with Crippen LogP contribution in [-0.4, -0.2) is 17.3 Å². The highest BCUT2D eigenvalue weighted by molar-refractivity contribution is 5.35. The molecule has 1 rings (SSSR count). The van der Waals surface area contributed by atoms with E-state index in [2.05, 4.69) is 11.8 Å². The lowest BCUT2D eigenvalue weighted by molar-refractivity contribution is -0.0149. The lowest BCUT2D eigenvalue weighted by Crippen LogP contribution is -2.18. The molecular formula is C15H20O2. The molecule has 0 aromatic heterocycles. The second-order valence-corrected chi connectivity index (χ2v) is 4.87. The molecule has 0 bridgehead atoms. The Balaban J connectivity index is 2.54. The summed E-state index contributed by atoms with van der Waals surface area (Å²) >= 11 is 0. The van der Waals surface area contributed by atoms with E-state index in [0.717, 1.165) is 11.1 Å². The lowest BCUT2D eigenvalue weighted by atomic mass is 10.1. The number of aliphatic hydroxyl groups excluding tert-OH is 1. The zero-order chi connectivity index (χ0) is 12.7. The van der Waals surface area contributed by atoms with Crippen molar-refractivity contribution in [1.29, 1.82) is 0 Å². The summed E-state index contributed by atoms with van der Waals surface area (Å²) in [4.78, 5) is 0. The van der Waals surface area contributed by atoms with Crippen molar-refractivity contribution in [3.63, 3.8) is 0 Å². The van der Waals surface area contributed by atoms with Crippen LogP contribution in [0.1, 0.15) is 38.3 Å².